The van der Waals surface area contributed by atoms with E-state index in [1.807, 2.05) is 20.8 Å². The number of hydrogen-bond acceptors (Lipinski definition) is 4. The predicted octanol–water partition coefficient (Wildman–Crippen LogP) is 2.72. The van der Waals surface area contributed by atoms with Gasteiger partial charge in [-0.15, -0.1) is 0 Å². The fourth-order valence-corrected chi connectivity index (χ4v) is 2.92. The number of aliphatic hydroxyl groups excluding tert-OH is 1. The lowest BCUT2D eigenvalue weighted by atomic mass is 9.99. The third-order valence-electron chi connectivity index (χ3n) is 4.65. The van der Waals surface area contributed by atoms with Crippen LogP contribution in [0.25, 0.3) is 0 Å². The van der Waals surface area contributed by atoms with Crippen molar-refractivity contribution in [1.82, 2.24) is 10.6 Å². The Hall–Kier alpha value is -1.43. The van der Waals surface area contributed by atoms with E-state index in [2.05, 4.69) is 17.6 Å². The van der Waals surface area contributed by atoms with Crippen LogP contribution in [-0.4, -0.2) is 40.9 Å². The molecule has 0 aliphatic carbocycles. The molecule has 26 heavy (non-hydrogen) atoms. The van der Waals surface area contributed by atoms with Gasteiger partial charge in [0.25, 0.3) is 5.91 Å². The highest BCUT2D eigenvalue weighted by molar-refractivity contribution is 5.90. The number of carbonyl (C=O) groups is 3. The van der Waals surface area contributed by atoms with Crippen LogP contribution in [-0.2, 0) is 14.4 Å². The zero-order valence-corrected chi connectivity index (χ0v) is 17.1. The van der Waals surface area contributed by atoms with Crippen LogP contribution in [0.3, 0.4) is 0 Å². The predicted molar refractivity (Wildman–Crippen MR) is 104 cm³/mol. The van der Waals surface area contributed by atoms with Crippen LogP contribution in [0.2, 0.25) is 0 Å². The minimum atomic E-state index is -1.36. The Morgan fingerprint density at radius 1 is 0.846 bits per heavy atom. The molecule has 0 rings (SSSR count). The zero-order valence-electron chi connectivity index (χ0n) is 17.1. The number of unbranched alkanes of at least 4 members (excludes halogenated alkanes) is 2. The lowest BCUT2D eigenvalue weighted by Gasteiger charge is -2.26. The summed E-state index contributed by atoms with van der Waals surface area (Å²) in [6.07, 6.45) is 4.93. The molecular weight excluding hydrogens is 332 g/mol. The third-order valence-corrected chi connectivity index (χ3v) is 4.65. The van der Waals surface area contributed by atoms with Gasteiger partial charge in [0.05, 0.1) is 12.1 Å². The minimum absolute atomic E-state index is 0.129. The Kier molecular flexibility index (Phi) is 13.0. The molecule has 0 saturated carbocycles. The van der Waals surface area contributed by atoms with Crippen LogP contribution < -0.4 is 10.6 Å². The summed E-state index contributed by atoms with van der Waals surface area (Å²) in [6, 6.07) is -1.23. The van der Waals surface area contributed by atoms with Crippen molar-refractivity contribution in [3.63, 3.8) is 0 Å². The first kappa shape index (κ1) is 24.6. The Balaban J connectivity index is 4.99. The van der Waals surface area contributed by atoms with Crippen molar-refractivity contribution in [1.29, 1.82) is 0 Å². The van der Waals surface area contributed by atoms with Gasteiger partial charge in [-0.1, -0.05) is 59.8 Å². The summed E-state index contributed by atoms with van der Waals surface area (Å²) in [7, 11) is 0. The van der Waals surface area contributed by atoms with Crippen molar-refractivity contribution >= 4 is 17.6 Å². The summed E-state index contributed by atoms with van der Waals surface area (Å²) >= 11 is 0. The second kappa shape index (κ2) is 13.7. The Morgan fingerprint density at radius 2 is 1.46 bits per heavy atom. The van der Waals surface area contributed by atoms with Crippen molar-refractivity contribution in [2.45, 2.75) is 104 Å². The van der Waals surface area contributed by atoms with E-state index in [0.717, 1.165) is 38.5 Å². The van der Waals surface area contributed by atoms with Crippen LogP contribution in [0.5, 0.6) is 0 Å². The summed E-state index contributed by atoms with van der Waals surface area (Å²) < 4.78 is 0. The molecule has 0 spiro atoms. The number of hydrogen-bond donors (Lipinski definition) is 3. The number of Topliss-reactive ketones (excluding diaryl/α,β-unsaturated/α-hetero) is 1. The number of ketones is 1. The van der Waals surface area contributed by atoms with Crippen molar-refractivity contribution < 1.29 is 19.5 Å². The standard InChI is InChI=1S/C20H38N2O4/c1-6-9-10-13-17(22-19(25)14(4)11-7-2)18(24)20(26)21-16(12-8-3)15(5)23/h14,16-18,24H,6-13H2,1-5H3,(H,21,26)(H,22,25)/t14-,16-,17-,18?/m0/s1. The van der Waals surface area contributed by atoms with Crippen LogP contribution in [0, 0.1) is 5.92 Å². The SMILES string of the molecule is CCCCC[C@H](NC(=O)[C@@H](C)CCC)C(O)C(=O)N[C@@H](CCC)C(C)=O. The first-order chi connectivity index (χ1) is 12.3. The smallest absolute Gasteiger partial charge is 0.251 e. The van der Waals surface area contributed by atoms with E-state index in [-0.39, 0.29) is 17.6 Å². The first-order valence-corrected chi connectivity index (χ1v) is 10.1. The molecule has 6 heteroatoms. The zero-order chi connectivity index (χ0) is 20.1. The lowest BCUT2D eigenvalue weighted by molar-refractivity contribution is -0.136. The maximum Gasteiger partial charge on any atom is 0.251 e. The summed E-state index contributed by atoms with van der Waals surface area (Å²) in [6.45, 7) is 9.30. The highest BCUT2D eigenvalue weighted by Gasteiger charge is 2.30. The van der Waals surface area contributed by atoms with Crippen molar-refractivity contribution in [3.05, 3.63) is 0 Å². The maximum atomic E-state index is 12.4. The molecular formula is C20H38N2O4. The molecule has 0 saturated heterocycles. The van der Waals surface area contributed by atoms with Gasteiger partial charge in [-0.25, -0.2) is 0 Å². The van der Waals surface area contributed by atoms with E-state index in [9.17, 15) is 19.5 Å². The van der Waals surface area contributed by atoms with Crippen molar-refractivity contribution in [3.8, 4) is 0 Å². The lowest BCUT2D eigenvalue weighted by Crippen LogP contribution is -2.54. The van der Waals surface area contributed by atoms with Crippen LogP contribution in [0.15, 0.2) is 0 Å². The average Bonchev–Trinajstić information content (AvgIpc) is 2.59. The molecule has 0 radical (unpaired) electrons. The highest BCUT2D eigenvalue weighted by atomic mass is 16.3. The molecule has 1 unspecified atom stereocenters. The van der Waals surface area contributed by atoms with E-state index < -0.39 is 24.1 Å². The second-order valence-corrected chi connectivity index (χ2v) is 7.21. The highest BCUT2D eigenvalue weighted by Crippen LogP contribution is 2.12. The molecule has 0 aromatic heterocycles. The van der Waals surface area contributed by atoms with Crippen molar-refractivity contribution in [2.24, 2.45) is 5.92 Å². The molecule has 0 fully saturated rings. The van der Waals surface area contributed by atoms with E-state index >= 15 is 0 Å². The topological polar surface area (TPSA) is 95.5 Å². The third kappa shape index (κ3) is 9.32. The Labute approximate surface area is 158 Å². The summed E-state index contributed by atoms with van der Waals surface area (Å²) in [5, 5.41) is 16.0. The monoisotopic (exact) mass is 370 g/mol. The molecule has 0 heterocycles. The van der Waals surface area contributed by atoms with Gasteiger partial charge < -0.3 is 15.7 Å². The minimum Gasteiger partial charge on any atom is -0.381 e. The molecule has 6 nitrogen and oxygen atoms in total. The normalized spacial score (nSPS) is 15.6. The Morgan fingerprint density at radius 3 is 1.96 bits per heavy atom. The first-order valence-electron chi connectivity index (χ1n) is 10.1. The number of amides is 2. The Bertz CT molecular complexity index is 440. The van der Waals surface area contributed by atoms with Crippen LogP contribution >= 0.6 is 0 Å². The van der Waals surface area contributed by atoms with Gasteiger partial charge in [0, 0.05) is 5.92 Å². The van der Waals surface area contributed by atoms with E-state index in [1.54, 1.807) is 0 Å². The van der Waals surface area contributed by atoms with E-state index in [1.165, 1.54) is 6.92 Å². The number of nitrogens with one attached hydrogen (secondary N) is 2. The van der Waals surface area contributed by atoms with E-state index in [4.69, 9.17) is 0 Å². The molecule has 0 aliphatic heterocycles. The second-order valence-electron chi connectivity index (χ2n) is 7.21. The molecule has 2 amide bonds. The molecule has 152 valence electrons. The molecule has 0 aromatic carbocycles. The molecule has 4 atom stereocenters. The number of aliphatic hydroxyl groups is 1. The van der Waals surface area contributed by atoms with Crippen LogP contribution in [0.4, 0.5) is 0 Å². The molecule has 3 N–H and O–H groups in total. The maximum absolute atomic E-state index is 12.4. The van der Waals surface area contributed by atoms with Gasteiger partial charge in [-0.3, -0.25) is 14.4 Å². The van der Waals surface area contributed by atoms with Gasteiger partial charge in [0.2, 0.25) is 5.91 Å². The molecule has 0 aliphatic rings. The molecule has 0 bridgehead atoms. The quantitative estimate of drug-likeness (QED) is 0.410. The van der Waals surface area contributed by atoms with Crippen LogP contribution in [0.1, 0.15) is 86.0 Å². The fourth-order valence-electron chi connectivity index (χ4n) is 2.92. The summed E-state index contributed by atoms with van der Waals surface area (Å²) in [5.74, 6) is -1.02. The van der Waals surface area contributed by atoms with Gasteiger partial charge in [0.15, 0.2) is 11.9 Å². The number of carbonyl (C=O) groups excluding carboxylic acids is 3. The summed E-state index contributed by atoms with van der Waals surface area (Å²) in [5.41, 5.74) is 0. The molecule has 0 aromatic rings. The summed E-state index contributed by atoms with van der Waals surface area (Å²) in [4.78, 5) is 36.4. The van der Waals surface area contributed by atoms with Gasteiger partial charge in [0.1, 0.15) is 0 Å². The van der Waals surface area contributed by atoms with E-state index in [0.29, 0.717) is 12.8 Å². The number of rotatable bonds is 14. The van der Waals surface area contributed by atoms with Crippen molar-refractivity contribution in [2.75, 3.05) is 0 Å². The fraction of sp³-hybridized carbons (Fsp3) is 0.850. The van der Waals surface area contributed by atoms with Gasteiger partial charge >= 0.3 is 0 Å². The average molecular weight is 371 g/mol. The van der Waals surface area contributed by atoms with Gasteiger partial charge in [-0.2, -0.15) is 0 Å². The van der Waals surface area contributed by atoms with Gasteiger partial charge in [-0.05, 0) is 26.2 Å². The largest absolute Gasteiger partial charge is 0.381 e.